The molecule has 1 rings (SSSR count). The number of halogens is 2. The molecule has 1 aromatic carbocycles. The zero-order chi connectivity index (χ0) is 11.4. The third kappa shape index (κ3) is 3.81. The van der Waals surface area contributed by atoms with Gasteiger partial charge in [-0.2, -0.15) is 0 Å². The molecule has 0 amide bonds. The number of ether oxygens (including phenoxy) is 1. The zero-order valence-electron chi connectivity index (χ0n) is 7.83. The van der Waals surface area contributed by atoms with Gasteiger partial charge in [-0.25, -0.2) is 4.79 Å². The van der Waals surface area contributed by atoms with Crippen molar-refractivity contribution >= 4 is 29.2 Å². The number of carboxylic acids is 1. The van der Waals surface area contributed by atoms with Gasteiger partial charge in [0, 0.05) is 5.02 Å². The minimum atomic E-state index is -1.07. The molecule has 0 spiro atoms. The van der Waals surface area contributed by atoms with Gasteiger partial charge in [-0.05, 0) is 25.1 Å². The van der Waals surface area contributed by atoms with Gasteiger partial charge in [0.25, 0.3) is 0 Å². The van der Waals surface area contributed by atoms with Crippen LogP contribution in [-0.2, 0) is 4.79 Å². The molecule has 3 nitrogen and oxygen atoms in total. The van der Waals surface area contributed by atoms with Crippen LogP contribution in [0.5, 0.6) is 5.75 Å². The second-order valence-electron chi connectivity index (χ2n) is 2.77. The molecule has 80 valence electrons. The van der Waals surface area contributed by atoms with E-state index >= 15 is 0 Å². The first kappa shape index (κ1) is 11.9. The lowest BCUT2D eigenvalue weighted by molar-refractivity contribution is -0.131. The SMILES string of the molecule is CC(=CC(=O)O)Oc1ccc(Cl)cc1Cl. The Morgan fingerprint density at radius 2 is 2.13 bits per heavy atom. The smallest absolute Gasteiger partial charge is 0.331 e. The van der Waals surface area contributed by atoms with Gasteiger partial charge in [-0.1, -0.05) is 23.2 Å². The quantitative estimate of drug-likeness (QED) is 0.658. The Hall–Kier alpha value is -1.19. The van der Waals surface area contributed by atoms with Crippen LogP contribution < -0.4 is 4.74 Å². The summed E-state index contributed by atoms with van der Waals surface area (Å²) in [5.41, 5.74) is 0. The van der Waals surface area contributed by atoms with Crippen LogP contribution in [-0.4, -0.2) is 11.1 Å². The summed E-state index contributed by atoms with van der Waals surface area (Å²) < 4.78 is 5.20. The molecule has 0 aliphatic rings. The number of aliphatic carboxylic acids is 1. The lowest BCUT2D eigenvalue weighted by atomic mass is 10.3. The van der Waals surface area contributed by atoms with Gasteiger partial charge in [-0.15, -0.1) is 0 Å². The number of hydrogen-bond acceptors (Lipinski definition) is 2. The number of carbonyl (C=O) groups is 1. The van der Waals surface area contributed by atoms with Crippen LogP contribution in [0.4, 0.5) is 0 Å². The minimum Gasteiger partial charge on any atom is -0.478 e. The average Bonchev–Trinajstić information content (AvgIpc) is 2.08. The normalized spacial score (nSPS) is 11.3. The van der Waals surface area contributed by atoms with E-state index in [1.807, 2.05) is 0 Å². The van der Waals surface area contributed by atoms with Crippen molar-refractivity contribution in [3.8, 4) is 5.75 Å². The van der Waals surface area contributed by atoms with Crippen LogP contribution in [0.3, 0.4) is 0 Å². The number of benzene rings is 1. The third-order valence-electron chi connectivity index (χ3n) is 1.49. The third-order valence-corrected chi connectivity index (χ3v) is 2.02. The van der Waals surface area contributed by atoms with E-state index in [0.717, 1.165) is 6.08 Å². The highest BCUT2D eigenvalue weighted by molar-refractivity contribution is 6.35. The van der Waals surface area contributed by atoms with Gasteiger partial charge in [0.1, 0.15) is 11.5 Å². The molecule has 0 saturated heterocycles. The van der Waals surface area contributed by atoms with E-state index < -0.39 is 5.97 Å². The summed E-state index contributed by atoms with van der Waals surface area (Å²) in [6.45, 7) is 1.53. The summed E-state index contributed by atoms with van der Waals surface area (Å²) in [6.07, 6.45) is 0.949. The van der Waals surface area contributed by atoms with Gasteiger partial charge in [0.15, 0.2) is 0 Å². The van der Waals surface area contributed by atoms with Crippen molar-refractivity contribution < 1.29 is 14.6 Å². The second kappa shape index (κ2) is 5.05. The Morgan fingerprint density at radius 3 is 2.67 bits per heavy atom. The fourth-order valence-electron chi connectivity index (χ4n) is 0.935. The first-order chi connectivity index (χ1) is 6.99. The van der Waals surface area contributed by atoms with Gasteiger partial charge >= 0.3 is 5.97 Å². The van der Waals surface area contributed by atoms with Crippen molar-refractivity contribution in [1.82, 2.24) is 0 Å². The Kier molecular flexibility index (Phi) is 4.00. The van der Waals surface area contributed by atoms with E-state index in [0.29, 0.717) is 15.8 Å². The number of carboxylic acid groups (broad SMARTS) is 1. The van der Waals surface area contributed by atoms with E-state index in [1.54, 1.807) is 12.1 Å². The van der Waals surface area contributed by atoms with E-state index in [-0.39, 0.29) is 5.76 Å². The van der Waals surface area contributed by atoms with E-state index in [4.69, 9.17) is 33.0 Å². The number of allylic oxidation sites excluding steroid dienone is 1. The maximum Gasteiger partial charge on any atom is 0.331 e. The zero-order valence-corrected chi connectivity index (χ0v) is 9.34. The monoisotopic (exact) mass is 246 g/mol. The largest absolute Gasteiger partial charge is 0.478 e. The first-order valence-corrected chi connectivity index (χ1v) is 4.79. The van der Waals surface area contributed by atoms with Gasteiger partial charge in [0.2, 0.25) is 0 Å². The predicted octanol–water partition coefficient (Wildman–Crippen LogP) is 3.36. The minimum absolute atomic E-state index is 0.242. The fraction of sp³-hybridized carbons (Fsp3) is 0.100. The molecule has 1 N–H and O–H groups in total. The highest BCUT2D eigenvalue weighted by Crippen LogP contribution is 2.28. The predicted molar refractivity (Wildman–Crippen MR) is 58.5 cm³/mol. The molecule has 0 atom stereocenters. The standard InChI is InChI=1S/C10H8Cl2O3/c1-6(4-10(13)14)15-9-3-2-7(11)5-8(9)12/h2-5H,1H3,(H,13,14). The molecular weight excluding hydrogens is 239 g/mol. The van der Waals surface area contributed by atoms with E-state index in [1.165, 1.54) is 13.0 Å². The number of rotatable bonds is 3. The first-order valence-electron chi connectivity index (χ1n) is 4.03. The van der Waals surface area contributed by atoms with Crippen LogP contribution >= 0.6 is 23.2 Å². The van der Waals surface area contributed by atoms with Gasteiger partial charge in [-0.3, -0.25) is 0 Å². The lowest BCUT2D eigenvalue weighted by Crippen LogP contribution is -1.96. The molecule has 0 aliphatic carbocycles. The summed E-state index contributed by atoms with van der Waals surface area (Å²) in [7, 11) is 0. The highest BCUT2D eigenvalue weighted by Gasteiger charge is 2.04. The van der Waals surface area contributed by atoms with Gasteiger partial charge < -0.3 is 9.84 Å². The average molecular weight is 247 g/mol. The lowest BCUT2D eigenvalue weighted by Gasteiger charge is -2.06. The molecule has 15 heavy (non-hydrogen) atoms. The maximum atomic E-state index is 10.3. The summed E-state index contributed by atoms with van der Waals surface area (Å²) in [6, 6.07) is 4.70. The molecule has 1 aromatic rings. The summed E-state index contributed by atoms with van der Waals surface area (Å²) in [4.78, 5) is 10.3. The Bertz CT molecular complexity index is 413. The molecule has 0 heterocycles. The molecule has 5 heteroatoms. The van der Waals surface area contributed by atoms with Crippen LogP contribution in [0.1, 0.15) is 6.92 Å². The fourth-order valence-corrected chi connectivity index (χ4v) is 1.38. The highest BCUT2D eigenvalue weighted by atomic mass is 35.5. The van der Waals surface area contributed by atoms with Crippen LogP contribution in [0.15, 0.2) is 30.0 Å². The molecule has 0 radical (unpaired) electrons. The Balaban J connectivity index is 2.86. The molecule has 0 fully saturated rings. The molecular formula is C10H8Cl2O3. The second-order valence-corrected chi connectivity index (χ2v) is 3.61. The van der Waals surface area contributed by atoms with Crippen molar-refractivity contribution in [1.29, 1.82) is 0 Å². The van der Waals surface area contributed by atoms with Crippen molar-refractivity contribution in [3.05, 3.63) is 40.1 Å². The molecule has 0 aliphatic heterocycles. The summed E-state index contributed by atoms with van der Waals surface area (Å²) in [5.74, 6) is -0.458. The van der Waals surface area contributed by atoms with Crippen LogP contribution in [0.2, 0.25) is 10.0 Å². The number of hydrogen-bond donors (Lipinski definition) is 1. The van der Waals surface area contributed by atoms with Crippen molar-refractivity contribution in [2.75, 3.05) is 0 Å². The summed E-state index contributed by atoms with van der Waals surface area (Å²) >= 11 is 11.5. The van der Waals surface area contributed by atoms with Crippen molar-refractivity contribution in [2.45, 2.75) is 6.92 Å². The molecule has 0 saturated carbocycles. The van der Waals surface area contributed by atoms with Crippen molar-refractivity contribution in [3.63, 3.8) is 0 Å². The maximum absolute atomic E-state index is 10.3. The molecule has 0 unspecified atom stereocenters. The molecule has 0 aromatic heterocycles. The van der Waals surface area contributed by atoms with Gasteiger partial charge in [0.05, 0.1) is 11.1 Å². The van der Waals surface area contributed by atoms with Crippen LogP contribution in [0.25, 0.3) is 0 Å². The van der Waals surface area contributed by atoms with E-state index in [9.17, 15) is 4.79 Å². The molecule has 0 bridgehead atoms. The Labute approximate surface area is 96.9 Å². The van der Waals surface area contributed by atoms with Crippen LogP contribution in [0, 0.1) is 0 Å². The summed E-state index contributed by atoms with van der Waals surface area (Å²) in [5, 5.41) is 9.29. The Morgan fingerprint density at radius 1 is 1.47 bits per heavy atom. The van der Waals surface area contributed by atoms with E-state index in [2.05, 4.69) is 0 Å². The van der Waals surface area contributed by atoms with Crippen molar-refractivity contribution in [2.24, 2.45) is 0 Å². The topological polar surface area (TPSA) is 46.5 Å².